The molecule has 2 heterocycles. The Morgan fingerprint density at radius 1 is 1.43 bits per heavy atom. The average molecular weight is 292 g/mol. The van der Waals surface area contributed by atoms with Gasteiger partial charge in [0.15, 0.2) is 12.1 Å². The van der Waals surface area contributed by atoms with Crippen LogP contribution in [0.5, 0.6) is 0 Å². The summed E-state index contributed by atoms with van der Waals surface area (Å²) in [6, 6.07) is 0. The zero-order chi connectivity index (χ0) is 15.6. The smallest absolute Gasteiger partial charge is 0.360 e. The number of ether oxygens (including phenoxy) is 1. The molecule has 0 bridgehead atoms. The molecule has 2 rings (SSSR count). The summed E-state index contributed by atoms with van der Waals surface area (Å²) in [5, 5.41) is 8.08. The molecule has 0 amide bonds. The zero-order valence-electron chi connectivity index (χ0n) is 13.0. The number of esters is 1. The van der Waals surface area contributed by atoms with Crippen molar-refractivity contribution in [3.05, 3.63) is 29.2 Å². The summed E-state index contributed by atoms with van der Waals surface area (Å²) in [7, 11) is 0. The highest BCUT2D eigenvalue weighted by Crippen LogP contribution is 2.26. The van der Waals surface area contributed by atoms with Crippen molar-refractivity contribution >= 4 is 5.97 Å². The van der Waals surface area contributed by atoms with Crippen LogP contribution in [0.4, 0.5) is 0 Å². The minimum atomic E-state index is -0.453. The van der Waals surface area contributed by atoms with E-state index in [1.807, 2.05) is 27.7 Å². The maximum Gasteiger partial charge on any atom is 0.360 e. The Balaban J connectivity index is 2.42. The molecule has 0 saturated carbocycles. The number of aryl methyl sites for hydroxylation is 1. The van der Waals surface area contributed by atoms with Gasteiger partial charge in [-0.3, -0.25) is 0 Å². The fourth-order valence-electron chi connectivity index (χ4n) is 2.13. The predicted molar refractivity (Wildman–Crippen MR) is 75.0 cm³/mol. The van der Waals surface area contributed by atoms with Gasteiger partial charge in [-0.1, -0.05) is 26.0 Å². The van der Waals surface area contributed by atoms with Crippen LogP contribution in [0.2, 0.25) is 0 Å². The van der Waals surface area contributed by atoms with E-state index in [2.05, 4.69) is 15.3 Å². The molecule has 0 aliphatic carbocycles. The molecule has 0 radical (unpaired) electrons. The van der Waals surface area contributed by atoms with Gasteiger partial charge >= 0.3 is 5.97 Å². The highest BCUT2D eigenvalue weighted by Gasteiger charge is 2.30. The van der Waals surface area contributed by atoms with Crippen molar-refractivity contribution in [2.45, 2.75) is 46.6 Å². The summed E-state index contributed by atoms with van der Waals surface area (Å²) >= 11 is 0. The van der Waals surface area contributed by atoms with Crippen LogP contribution in [0.1, 0.15) is 55.3 Å². The third-order valence-electron chi connectivity index (χ3n) is 3.06. The van der Waals surface area contributed by atoms with Gasteiger partial charge in [0, 0.05) is 5.41 Å². The highest BCUT2D eigenvalue weighted by atomic mass is 16.5. The molecule has 2 aromatic rings. The van der Waals surface area contributed by atoms with E-state index in [1.165, 1.54) is 6.39 Å². The summed E-state index contributed by atoms with van der Waals surface area (Å²) < 4.78 is 11.9. The zero-order valence-corrected chi connectivity index (χ0v) is 13.0. The van der Waals surface area contributed by atoms with Crippen molar-refractivity contribution in [1.29, 1.82) is 0 Å². The maximum absolute atomic E-state index is 12.0. The van der Waals surface area contributed by atoms with Gasteiger partial charge in [0.1, 0.15) is 11.5 Å². The number of hydrogen-bond acceptors (Lipinski definition) is 6. The summed E-state index contributed by atoms with van der Waals surface area (Å²) in [5.74, 6) is 0.272. The van der Waals surface area contributed by atoms with Gasteiger partial charge < -0.3 is 9.15 Å². The van der Waals surface area contributed by atoms with Crippen LogP contribution in [0.3, 0.4) is 0 Å². The van der Waals surface area contributed by atoms with Crippen LogP contribution < -0.4 is 0 Å². The first kappa shape index (κ1) is 15.2. The summed E-state index contributed by atoms with van der Waals surface area (Å²) in [5.41, 5.74) is 1.44. The van der Waals surface area contributed by atoms with Crippen molar-refractivity contribution in [3.8, 4) is 0 Å². The van der Waals surface area contributed by atoms with Crippen LogP contribution in [-0.2, 0) is 16.7 Å². The number of rotatable bonds is 4. The molecule has 0 fully saturated rings. The van der Waals surface area contributed by atoms with Crippen molar-refractivity contribution in [2.24, 2.45) is 0 Å². The van der Waals surface area contributed by atoms with Gasteiger partial charge in [0.05, 0.1) is 18.8 Å². The number of carbonyl (C=O) groups is 1. The Bertz CT molecular complexity index is 637. The number of oxazole rings is 1. The summed E-state index contributed by atoms with van der Waals surface area (Å²) in [4.78, 5) is 16.2. The molecular weight excluding hydrogens is 272 g/mol. The van der Waals surface area contributed by atoms with E-state index in [-0.39, 0.29) is 11.1 Å². The number of nitrogens with zero attached hydrogens (tertiary/aromatic N) is 4. The first-order valence-electron chi connectivity index (χ1n) is 6.84. The second kappa shape index (κ2) is 5.67. The second-order valence-corrected chi connectivity index (χ2v) is 5.77. The normalized spacial score (nSPS) is 11.7. The largest absolute Gasteiger partial charge is 0.461 e. The summed E-state index contributed by atoms with van der Waals surface area (Å²) in [6.07, 6.45) is 1.39. The third-order valence-corrected chi connectivity index (χ3v) is 3.06. The maximum atomic E-state index is 12.0. The van der Waals surface area contributed by atoms with Crippen LogP contribution in [-0.4, -0.2) is 32.6 Å². The first-order valence-corrected chi connectivity index (χ1v) is 6.84. The molecule has 2 aromatic heterocycles. The lowest BCUT2D eigenvalue weighted by molar-refractivity contribution is 0.0516. The van der Waals surface area contributed by atoms with Crippen LogP contribution in [0, 0.1) is 6.92 Å². The number of aromatic nitrogens is 4. The fourth-order valence-corrected chi connectivity index (χ4v) is 2.13. The van der Waals surface area contributed by atoms with E-state index in [0.717, 1.165) is 17.1 Å². The van der Waals surface area contributed by atoms with E-state index in [0.29, 0.717) is 13.2 Å². The standard InChI is InChI=1S/C14H20N4O3/c1-6-20-13(19)11-12(14(3,4)5)18(17-16-11)7-10-9(2)21-8-15-10/h8H,6-7H2,1-5H3. The molecule has 0 aromatic carbocycles. The Labute approximate surface area is 123 Å². The molecule has 0 N–H and O–H groups in total. The minimum absolute atomic E-state index is 0.255. The Kier molecular flexibility index (Phi) is 4.11. The average Bonchev–Trinajstić information content (AvgIpc) is 2.97. The lowest BCUT2D eigenvalue weighted by Crippen LogP contribution is -2.23. The monoisotopic (exact) mass is 292 g/mol. The van der Waals surface area contributed by atoms with E-state index >= 15 is 0 Å². The van der Waals surface area contributed by atoms with E-state index in [9.17, 15) is 4.79 Å². The number of hydrogen-bond donors (Lipinski definition) is 0. The van der Waals surface area contributed by atoms with Gasteiger partial charge in [-0.05, 0) is 13.8 Å². The van der Waals surface area contributed by atoms with E-state index in [4.69, 9.17) is 9.15 Å². The molecule has 0 saturated heterocycles. The Hall–Kier alpha value is -2.18. The molecule has 7 heteroatoms. The fraction of sp³-hybridized carbons (Fsp3) is 0.571. The minimum Gasteiger partial charge on any atom is -0.461 e. The van der Waals surface area contributed by atoms with E-state index < -0.39 is 5.97 Å². The first-order chi connectivity index (χ1) is 9.84. The van der Waals surface area contributed by atoms with Gasteiger partial charge in [-0.15, -0.1) is 5.10 Å². The van der Waals surface area contributed by atoms with Crippen molar-refractivity contribution < 1.29 is 13.9 Å². The van der Waals surface area contributed by atoms with Crippen LogP contribution in [0.15, 0.2) is 10.8 Å². The molecule has 0 aliphatic heterocycles. The second-order valence-electron chi connectivity index (χ2n) is 5.77. The Morgan fingerprint density at radius 2 is 2.14 bits per heavy atom. The molecule has 0 aliphatic rings. The van der Waals surface area contributed by atoms with Gasteiger partial charge in [-0.25, -0.2) is 14.5 Å². The molecule has 21 heavy (non-hydrogen) atoms. The lowest BCUT2D eigenvalue weighted by Gasteiger charge is -2.20. The summed E-state index contributed by atoms with van der Waals surface area (Å²) in [6.45, 7) is 10.3. The predicted octanol–water partition coefficient (Wildman–Crippen LogP) is 2.10. The molecule has 0 atom stereocenters. The van der Waals surface area contributed by atoms with Crippen molar-refractivity contribution in [1.82, 2.24) is 20.0 Å². The van der Waals surface area contributed by atoms with Gasteiger partial charge in [0.25, 0.3) is 0 Å². The quantitative estimate of drug-likeness (QED) is 0.802. The third kappa shape index (κ3) is 3.12. The van der Waals surface area contributed by atoms with E-state index in [1.54, 1.807) is 11.6 Å². The van der Waals surface area contributed by atoms with Gasteiger partial charge in [0.2, 0.25) is 0 Å². The molecule has 0 spiro atoms. The topological polar surface area (TPSA) is 83.0 Å². The van der Waals surface area contributed by atoms with Crippen molar-refractivity contribution in [3.63, 3.8) is 0 Å². The van der Waals surface area contributed by atoms with Crippen molar-refractivity contribution in [2.75, 3.05) is 6.61 Å². The molecule has 0 unspecified atom stereocenters. The van der Waals surface area contributed by atoms with Crippen LogP contribution in [0.25, 0.3) is 0 Å². The molecule has 7 nitrogen and oxygen atoms in total. The molecular formula is C14H20N4O3. The van der Waals surface area contributed by atoms with Crippen LogP contribution >= 0.6 is 0 Å². The lowest BCUT2D eigenvalue weighted by atomic mass is 9.90. The SMILES string of the molecule is CCOC(=O)c1nnn(Cc2ncoc2C)c1C(C)(C)C. The Morgan fingerprint density at radius 3 is 2.67 bits per heavy atom. The molecule has 114 valence electrons. The highest BCUT2D eigenvalue weighted by molar-refractivity contribution is 5.88. The van der Waals surface area contributed by atoms with Gasteiger partial charge in [-0.2, -0.15) is 0 Å². The number of carbonyl (C=O) groups excluding carboxylic acids is 1.